The van der Waals surface area contributed by atoms with Gasteiger partial charge in [0.2, 0.25) is 0 Å². The second-order valence-corrected chi connectivity index (χ2v) is 3.36. The normalized spacial score (nSPS) is 10.6. The van der Waals surface area contributed by atoms with Crippen LogP contribution in [-0.4, -0.2) is 37.0 Å². The monoisotopic (exact) mass is 228 g/mol. The number of aryl methyl sites for hydroxylation is 2. The number of methoxy groups -OCH3 is 2. The molecule has 0 atom stereocenters. The number of rotatable bonds is 3. The van der Waals surface area contributed by atoms with Crippen LogP contribution in [0.4, 0.5) is 0 Å². The summed E-state index contributed by atoms with van der Waals surface area (Å²) in [5.41, 5.74) is 2.74. The molecule has 0 unspecified atom stereocenters. The van der Waals surface area contributed by atoms with E-state index >= 15 is 0 Å². The Morgan fingerprint density at radius 3 is 1.56 bits per heavy atom. The molecule has 1 rings (SSSR count). The van der Waals surface area contributed by atoms with E-state index in [4.69, 9.17) is 10.2 Å². The van der Waals surface area contributed by atoms with Gasteiger partial charge in [-0.25, -0.2) is 0 Å². The molecule has 0 aliphatic heterocycles. The number of hydrogen-bond acceptors (Lipinski definition) is 4. The van der Waals surface area contributed by atoms with Gasteiger partial charge in [-0.1, -0.05) is 24.3 Å². The van der Waals surface area contributed by atoms with Crippen molar-refractivity contribution in [3.05, 3.63) is 35.4 Å². The molecule has 0 bridgehead atoms. The van der Waals surface area contributed by atoms with Crippen LogP contribution < -0.4 is 0 Å². The molecule has 0 radical (unpaired) electrons. The summed E-state index contributed by atoms with van der Waals surface area (Å²) in [5, 5.41) is 17.0. The topological polar surface area (TPSA) is 58.9 Å². The number of benzene rings is 1. The molecule has 2 N–H and O–H groups in total. The van der Waals surface area contributed by atoms with E-state index < -0.39 is 12.6 Å². The van der Waals surface area contributed by atoms with Gasteiger partial charge in [-0.3, -0.25) is 0 Å². The molecule has 0 saturated heterocycles. The molecule has 0 aromatic heterocycles. The molecule has 0 fully saturated rings. The van der Waals surface area contributed by atoms with Crippen molar-refractivity contribution >= 4 is 0 Å². The molecule has 0 spiro atoms. The zero-order chi connectivity index (χ0) is 12.6. The molecular weight excluding hydrogens is 208 g/mol. The van der Waals surface area contributed by atoms with Crippen molar-refractivity contribution in [3.8, 4) is 0 Å². The highest BCUT2D eigenvalue weighted by Gasteiger charge is 2.23. The highest BCUT2D eigenvalue weighted by molar-refractivity contribution is 5.23. The summed E-state index contributed by atoms with van der Waals surface area (Å²) in [6.07, 6.45) is 0. The molecule has 92 valence electrons. The number of hydrogen-bond donors (Lipinski definition) is 2. The fraction of sp³-hybridized carbons (Fsp3) is 0.500. The van der Waals surface area contributed by atoms with Crippen molar-refractivity contribution in [3.63, 3.8) is 0 Å². The minimum atomic E-state index is -1.82. The van der Waals surface area contributed by atoms with Gasteiger partial charge in [0.25, 0.3) is 0 Å². The summed E-state index contributed by atoms with van der Waals surface area (Å²) < 4.78 is 8.64. The Morgan fingerprint density at radius 2 is 1.44 bits per heavy atom. The summed E-state index contributed by atoms with van der Waals surface area (Å²) in [6, 6.07) is 8.36. The highest BCUT2D eigenvalue weighted by atomic mass is 16.8. The second kappa shape index (κ2) is 7.35. The molecule has 0 saturated carbocycles. The average Bonchev–Trinajstić information content (AvgIpc) is 2.33. The molecule has 0 aliphatic carbocycles. The van der Waals surface area contributed by atoms with Crippen molar-refractivity contribution in [2.75, 3.05) is 20.8 Å². The standard InChI is InChI=1S/C8H10.C4H10O4/c1-7-5-3-4-6-8(7)2;1-7-4(6,3-5)8-2/h3-6H,1-2H3;5-6H,3H2,1-2H3. The first-order valence-electron chi connectivity index (χ1n) is 4.95. The zero-order valence-corrected chi connectivity index (χ0v) is 10.2. The predicted molar refractivity (Wildman–Crippen MR) is 62.0 cm³/mol. The smallest absolute Gasteiger partial charge is 0.304 e. The summed E-state index contributed by atoms with van der Waals surface area (Å²) in [6.45, 7) is 3.67. The highest BCUT2D eigenvalue weighted by Crippen LogP contribution is 2.03. The number of aliphatic hydroxyl groups is 2. The van der Waals surface area contributed by atoms with Crippen molar-refractivity contribution in [2.45, 2.75) is 19.8 Å². The molecule has 16 heavy (non-hydrogen) atoms. The van der Waals surface area contributed by atoms with E-state index in [1.807, 2.05) is 0 Å². The Labute approximate surface area is 96.4 Å². The van der Waals surface area contributed by atoms with E-state index in [0.717, 1.165) is 0 Å². The predicted octanol–water partition coefficient (Wildman–Crippen LogP) is 1.22. The van der Waals surface area contributed by atoms with Gasteiger partial charge in [0.05, 0.1) is 0 Å². The number of aliphatic hydroxyl groups excluding tert-OH is 1. The Kier molecular flexibility index (Phi) is 6.92. The molecule has 1 aromatic rings. The van der Waals surface area contributed by atoms with Crippen LogP contribution in [0, 0.1) is 13.8 Å². The zero-order valence-electron chi connectivity index (χ0n) is 10.2. The number of ether oxygens (including phenoxy) is 2. The molecule has 0 aliphatic rings. The van der Waals surface area contributed by atoms with Gasteiger partial charge >= 0.3 is 5.97 Å². The van der Waals surface area contributed by atoms with E-state index in [2.05, 4.69) is 47.6 Å². The maximum absolute atomic E-state index is 8.74. The van der Waals surface area contributed by atoms with Gasteiger partial charge in [0.15, 0.2) is 0 Å². The van der Waals surface area contributed by atoms with Crippen molar-refractivity contribution in [1.29, 1.82) is 0 Å². The molecule has 0 amide bonds. The first kappa shape index (κ1) is 15.1. The Balaban J connectivity index is 0.000000281. The minimum Gasteiger partial charge on any atom is -0.388 e. The Hall–Kier alpha value is -0.940. The van der Waals surface area contributed by atoms with Gasteiger partial charge in [-0.05, 0) is 25.0 Å². The van der Waals surface area contributed by atoms with Crippen molar-refractivity contribution < 1.29 is 19.7 Å². The third kappa shape index (κ3) is 5.23. The molecule has 4 heteroatoms. The quantitative estimate of drug-likeness (QED) is 0.764. The third-order valence-corrected chi connectivity index (χ3v) is 2.26. The summed E-state index contributed by atoms with van der Waals surface area (Å²) in [4.78, 5) is 0. The van der Waals surface area contributed by atoms with Crippen LogP contribution in [0.2, 0.25) is 0 Å². The molecule has 1 aromatic carbocycles. The molecular formula is C12H20O4. The Morgan fingerprint density at radius 1 is 1.06 bits per heavy atom. The summed E-state index contributed by atoms with van der Waals surface area (Å²) >= 11 is 0. The van der Waals surface area contributed by atoms with E-state index in [1.165, 1.54) is 25.3 Å². The lowest BCUT2D eigenvalue weighted by molar-refractivity contribution is -0.352. The largest absolute Gasteiger partial charge is 0.388 e. The van der Waals surface area contributed by atoms with E-state index in [-0.39, 0.29) is 0 Å². The maximum Gasteiger partial charge on any atom is 0.304 e. The van der Waals surface area contributed by atoms with Gasteiger partial charge in [0.1, 0.15) is 6.61 Å². The van der Waals surface area contributed by atoms with Crippen molar-refractivity contribution in [2.24, 2.45) is 0 Å². The van der Waals surface area contributed by atoms with Crippen LogP contribution in [0.25, 0.3) is 0 Å². The van der Waals surface area contributed by atoms with Gasteiger partial charge < -0.3 is 19.7 Å². The van der Waals surface area contributed by atoms with Gasteiger partial charge in [0, 0.05) is 14.2 Å². The van der Waals surface area contributed by atoms with Crippen molar-refractivity contribution in [1.82, 2.24) is 0 Å². The lowest BCUT2D eigenvalue weighted by atomic mass is 10.1. The molecule has 4 nitrogen and oxygen atoms in total. The maximum atomic E-state index is 8.74. The first-order valence-corrected chi connectivity index (χ1v) is 4.95. The van der Waals surface area contributed by atoms with Crippen LogP contribution in [0.15, 0.2) is 24.3 Å². The lowest BCUT2D eigenvalue weighted by Crippen LogP contribution is -2.37. The van der Waals surface area contributed by atoms with E-state index in [0.29, 0.717) is 0 Å². The lowest BCUT2D eigenvalue weighted by Gasteiger charge is -2.20. The molecule has 0 heterocycles. The third-order valence-electron chi connectivity index (χ3n) is 2.26. The fourth-order valence-corrected chi connectivity index (χ4v) is 0.875. The average molecular weight is 228 g/mol. The van der Waals surface area contributed by atoms with E-state index in [1.54, 1.807) is 0 Å². The van der Waals surface area contributed by atoms with Gasteiger partial charge in [-0.2, -0.15) is 0 Å². The summed E-state index contributed by atoms with van der Waals surface area (Å²) in [5.74, 6) is -1.82. The van der Waals surface area contributed by atoms with Gasteiger partial charge in [-0.15, -0.1) is 0 Å². The fourth-order valence-electron chi connectivity index (χ4n) is 0.875. The Bertz CT molecular complexity index is 266. The van der Waals surface area contributed by atoms with Crippen LogP contribution in [0.1, 0.15) is 11.1 Å². The van der Waals surface area contributed by atoms with Crippen LogP contribution in [-0.2, 0) is 9.47 Å². The van der Waals surface area contributed by atoms with Crippen LogP contribution >= 0.6 is 0 Å². The summed E-state index contributed by atoms with van der Waals surface area (Å²) in [7, 11) is 2.47. The van der Waals surface area contributed by atoms with E-state index in [9.17, 15) is 0 Å². The first-order chi connectivity index (χ1) is 7.49. The minimum absolute atomic E-state index is 0.569. The SMILES string of the molecule is COC(O)(CO)OC.Cc1ccccc1C. The van der Waals surface area contributed by atoms with Crippen LogP contribution in [0.3, 0.4) is 0 Å². The second-order valence-electron chi connectivity index (χ2n) is 3.36. The van der Waals surface area contributed by atoms with Crippen LogP contribution in [0.5, 0.6) is 0 Å².